The summed E-state index contributed by atoms with van der Waals surface area (Å²) in [5.41, 5.74) is 1.65. The highest BCUT2D eigenvalue weighted by Crippen LogP contribution is 2.22. The monoisotopic (exact) mass is 308 g/mol. The summed E-state index contributed by atoms with van der Waals surface area (Å²) in [6.07, 6.45) is 8.82. The van der Waals surface area contributed by atoms with Crippen LogP contribution in [0.25, 0.3) is 0 Å². The average Bonchev–Trinajstić information content (AvgIpc) is 2.71. The van der Waals surface area contributed by atoms with Crippen LogP contribution in [0.15, 0.2) is 54.4 Å². The van der Waals surface area contributed by atoms with E-state index >= 15 is 0 Å². The van der Waals surface area contributed by atoms with Gasteiger partial charge in [-0.3, -0.25) is 4.79 Å². The molecule has 2 N–H and O–H groups in total. The number of Topliss-reactive ketones (excluding diaryl/α,β-unsaturated/α-hetero) is 1. The fraction of sp³-hybridized carbons (Fsp3) is 0.133. The molecule has 5 heteroatoms. The number of hydrogen-bond donors (Lipinski definition) is 2. The lowest BCUT2D eigenvalue weighted by molar-refractivity contribution is -0.114. The van der Waals surface area contributed by atoms with Gasteiger partial charge in [0.15, 0.2) is 5.78 Å². The first-order valence-electron chi connectivity index (χ1n) is 6.14. The van der Waals surface area contributed by atoms with Crippen LogP contribution in [0, 0.1) is 0 Å². The summed E-state index contributed by atoms with van der Waals surface area (Å²) in [5, 5.41) is 7.05. The molecule has 1 aliphatic rings. The lowest BCUT2D eigenvalue weighted by atomic mass is 10.1. The number of ketones is 1. The maximum Gasteiger partial charge on any atom is 0.176 e. The highest BCUT2D eigenvalue weighted by atomic mass is 35.5. The molecule has 0 saturated carbocycles. The van der Waals surface area contributed by atoms with Gasteiger partial charge in [-0.05, 0) is 35.9 Å². The van der Waals surface area contributed by atoms with Crippen molar-refractivity contribution >= 4 is 29.0 Å². The van der Waals surface area contributed by atoms with Gasteiger partial charge in [-0.15, -0.1) is 0 Å². The Morgan fingerprint density at radius 3 is 2.85 bits per heavy atom. The molecule has 0 aromatic heterocycles. The van der Waals surface area contributed by atoms with Crippen molar-refractivity contribution in [3.63, 3.8) is 0 Å². The molecule has 1 aromatic carbocycles. The van der Waals surface area contributed by atoms with Crippen molar-refractivity contribution in [3.8, 4) is 0 Å². The lowest BCUT2D eigenvalue weighted by Gasteiger charge is -2.06. The van der Waals surface area contributed by atoms with Crippen molar-refractivity contribution in [2.45, 2.75) is 6.54 Å². The molecule has 20 heavy (non-hydrogen) atoms. The second kappa shape index (κ2) is 7.29. The zero-order valence-electron chi connectivity index (χ0n) is 10.7. The number of allylic oxidation sites excluding steroid dienone is 3. The highest BCUT2D eigenvalue weighted by molar-refractivity contribution is 6.42. The van der Waals surface area contributed by atoms with E-state index in [1.54, 1.807) is 42.8 Å². The van der Waals surface area contributed by atoms with E-state index in [9.17, 15) is 4.79 Å². The molecule has 1 aliphatic heterocycles. The molecule has 0 radical (unpaired) electrons. The van der Waals surface area contributed by atoms with Gasteiger partial charge in [-0.2, -0.15) is 0 Å². The average molecular weight is 309 g/mol. The number of benzene rings is 1. The van der Waals surface area contributed by atoms with Crippen LogP contribution in [0.1, 0.15) is 5.56 Å². The first kappa shape index (κ1) is 14.9. The second-order valence-corrected chi connectivity index (χ2v) is 5.07. The number of hydrogen-bond acceptors (Lipinski definition) is 3. The van der Waals surface area contributed by atoms with Gasteiger partial charge in [-0.1, -0.05) is 29.3 Å². The van der Waals surface area contributed by atoms with Gasteiger partial charge >= 0.3 is 0 Å². The summed E-state index contributed by atoms with van der Waals surface area (Å²) >= 11 is 11.8. The molecule has 2 rings (SSSR count). The van der Waals surface area contributed by atoms with Gasteiger partial charge in [0.05, 0.1) is 16.6 Å². The first-order valence-corrected chi connectivity index (χ1v) is 6.89. The minimum atomic E-state index is 0.0367. The van der Waals surface area contributed by atoms with E-state index in [0.29, 0.717) is 22.2 Å². The zero-order valence-corrected chi connectivity index (χ0v) is 12.2. The molecule has 0 saturated heterocycles. The molecule has 1 aromatic rings. The van der Waals surface area contributed by atoms with E-state index in [4.69, 9.17) is 23.2 Å². The van der Waals surface area contributed by atoms with Crippen molar-refractivity contribution in [1.82, 2.24) is 10.6 Å². The molecule has 1 heterocycles. The summed E-state index contributed by atoms with van der Waals surface area (Å²) in [4.78, 5) is 12.0. The Kier molecular flexibility index (Phi) is 5.41. The molecule has 0 atom stereocenters. The fourth-order valence-corrected chi connectivity index (χ4v) is 2.03. The Balaban J connectivity index is 1.86. The van der Waals surface area contributed by atoms with Crippen molar-refractivity contribution < 1.29 is 4.79 Å². The smallest absolute Gasteiger partial charge is 0.176 e. The highest BCUT2D eigenvalue weighted by Gasteiger charge is 2.06. The summed E-state index contributed by atoms with van der Waals surface area (Å²) in [6, 6.07) is 5.41. The van der Waals surface area contributed by atoms with Gasteiger partial charge in [0.2, 0.25) is 0 Å². The van der Waals surface area contributed by atoms with E-state index in [1.807, 2.05) is 6.07 Å². The van der Waals surface area contributed by atoms with E-state index in [-0.39, 0.29) is 12.3 Å². The Labute approximate surface area is 128 Å². The van der Waals surface area contributed by atoms with Gasteiger partial charge < -0.3 is 10.6 Å². The summed E-state index contributed by atoms with van der Waals surface area (Å²) in [5.74, 6) is 0.0367. The van der Waals surface area contributed by atoms with Crippen LogP contribution in [0.5, 0.6) is 0 Å². The van der Waals surface area contributed by atoms with Crippen LogP contribution >= 0.6 is 23.2 Å². The molecule has 0 spiro atoms. The molecule has 0 unspecified atom stereocenters. The van der Waals surface area contributed by atoms with Crippen molar-refractivity contribution in [2.75, 3.05) is 6.54 Å². The Bertz CT molecular complexity index is 592. The number of carbonyl (C=O) groups excluding carboxylic acids is 1. The second-order valence-electron chi connectivity index (χ2n) is 4.26. The zero-order chi connectivity index (χ0) is 14.4. The molecule has 0 bridgehead atoms. The fourth-order valence-electron chi connectivity index (χ4n) is 1.71. The largest absolute Gasteiger partial charge is 0.368 e. The predicted molar refractivity (Wildman–Crippen MR) is 82.7 cm³/mol. The maximum atomic E-state index is 12.0. The maximum absolute atomic E-state index is 12.0. The van der Waals surface area contributed by atoms with E-state index in [2.05, 4.69) is 10.6 Å². The van der Waals surface area contributed by atoms with E-state index < -0.39 is 0 Å². The topological polar surface area (TPSA) is 41.1 Å². The first-order chi connectivity index (χ1) is 9.66. The van der Waals surface area contributed by atoms with Crippen molar-refractivity contribution in [1.29, 1.82) is 0 Å². The Hall–Kier alpha value is -1.55. The lowest BCUT2D eigenvalue weighted by Crippen LogP contribution is -2.23. The SMILES string of the molecule is O=C(CNCc1ccc(Cl)c(Cl)c1)C1=CC=CNC=C1. The van der Waals surface area contributed by atoms with Gasteiger partial charge in [0.25, 0.3) is 0 Å². The third-order valence-corrected chi connectivity index (χ3v) is 3.49. The van der Waals surface area contributed by atoms with Gasteiger partial charge in [-0.25, -0.2) is 0 Å². The van der Waals surface area contributed by atoms with E-state index in [0.717, 1.165) is 5.56 Å². The molecular formula is C15H14Cl2N2O. The van der Waals surface area contributed by atoms with Crippen molar-refractivity contribution in [3.05, 3.63) is 70.0 Å². The predicted octanol–water partition coefficient (Wildman–Crippen LogP) is 3.21. The molecular weight excluding hydrogens is 295 g/mol. The van der Waals surface area contributed by atoms with Crippen LogP contribution in [0.4, 0.5) is 0 Å². The van der Waals surface area contributed by atoms with Crippen molar-refractivity contribution in [2.24, 2.45) is 0 Å². The van der Waals surface area contributed by atoms with Gasteiger partial charge in [0.1, 0.15) is 0 Å². The number of nitrogens with one attached hydrogen (secondary N) is 2. The van der Waals surface area contributed by atoms with Gasteiger partial charge in [0, 0.05) is 24.5 Å². The van der Waals surface area contributed by atoms with Crippen LogP contribution in [-0.4, -0.2) is 12.3 Å². The minimum Gasteiger partial charge on any atom is -0.368 e. The molecule has 0 fully saturated rings. The van der Waals surface area contributed by atoms with Crippen LogP contribution in [0.3, 0.4) is 0 Å². The quantitative estimate of drug-likeness (QED) is 0.877. The number of rotatable bonds is 5. The molecule has 0 aliphatic carbocycles. The third kappa shape index (κ3) is 4.23. The van der Waals surface area contributed by atoms with Crippen LogP contribution in [0.2, 0.25) is 10.0 Å². The van der Waals surface area contributed by atoms with Crippen LogP contribution < -0.4 is 10.6 Å². The third-order valence-electron chi connectivity index (χ3n) is 2.75. The number of halogens is 2. The molecule has 0 amide bonds. The summed E-state index contributed by atoms with van der Waals surface area (Å²) in [6.45, 7) is 0.831. The molecule has 104 valence electrons. The van der Waals surface area contributed by atoms with Crippen LogP contribution in [-0.2, 0) is 11.3 Å². The standard InChI is InChI=1S/C15H14Cl2N2O/c16-13-4-3-11(8-14(13)17)9-19-10-15(20)12-2-1-6-18-7-5-12/h1-8,18-19H,9-10H2. The summed E-state index contributed by atoms with van der Waals surface area (Å²) in [7, 11) is 0. The normalized spacial score (nSPS) is 13.6. The Morgan fingerprint density at radius 2 is 2.05 bits per heavy atom. The molecule has 3 nitrogen and oxygen atoms in total. The Morgan fingerprint density at radius 1 is 1.20 bits per heavy atom. The minimum absolute atomic E-state index is 0.0367. The number of carbonyl (C=O) groups is 1. The summed E-state index contributed by atoms with van der Waals surface area (Å²) < 4.78 is 0. The van der Waals surface area contributed by atoms with E-state index in [1.165, 1.54) is 0 Å².